The van der Waals surface area contributed by atoms with Gasteiger partial charge in [0.15, 0.2) is 0 Å². The Morgan fingerprint density at radius 1 is 1.29 bits per heavy atom. The summed E-state index contributed by atoms with van der Waals surface area (Å²) in [5, 5.41) is 9.44. The normalized spacial score (nSPS) is 20.6. The Kier molecular flexibility index (Phi) is 2.98. The van der Waals surface area contributed by atoms with Crippen LogP contribution < -0.4 is 0 Å². The molecule has 1 aliphatic heterocycles. The topological polar surface area (TPSA) is 20.2 Å². The monoisotopic (exact) mass is 226 g/mol. The van der Waals surface area contributed by atoms with Crippen molar-refractivity contribution in [3.63, 3.8) is 0 Å². The number of rotatable bonds is 1. The molecule has 2 rings (SSSR count). The van der Waals surface area contributed by atoms with Crippen LogP contribution in [0.15, 0.2) is 24.3 Å². The molecule has 1 fully saturated rings. The molecule has 0 atom stereocenters. The summed E-state index contributed by atoms with van der Waals surface area (Å²) in [4.78, 5) is 0. The van der Waals surface area contributed by atoms with Crippen molar-refractivity contribution in [2.45, 2.75) is 17.4 Å². The van der Waals surface area contributed by atoms with Gasteiger partial charge in [0.1, 0.15) is 5.75 Å². The van der Waals surface area contributed by atoms with E-state index in [1.807, 2.05) is 35.7 Å². The maximum Gasteiger partial charge on any atom is 0.115 e. The number of phenolic OH excluding ortho intramolecular Hbond substituents is 1. The lowest BCUT2D eigenvalue weighted by Crippen LogP contribution is -2.18. The molecule has 0 amide bonds. The molecule has 0 spiro atoms. The minimum Gasteiger partial charge on any atom is -0.508 e. The van der Waals surface area contributed by atoms with Crippen LogP contribution in [0.3, 0.4) is 0 Å². The highest BCUT2D eigenvalue weighted by molar-refractivity contribution is 8.18. The van der Waals surface area contributed by atoms with E-state index in [1.165, 1.54) is 23.5 Å². The summed E-state index contributed by atoms with van der Waals surface area (Å²) in [6, 6.07) is 7.63. The zero-order valence-electron chi connectivity index (χ0n) is 8.19. The van der Waals surface area contributed by atoms with Gasteiger partial charge >= 0.3 is 0 Å². The summed E-state index contributed by atoms with van der Waals surface area (Å²) < 4.78 is 0.136. The summed E-state index contributed by atoms with van der Waals surface area (Å²) >= 11 is 3.96. The van der Waals surface area contributed by atoms with Gasteiger partial charge in [-0.25, -0.2) is 0 Å². The van der Waals surface area contributed by atoms with Crippen LogP contribution in [0.4, 0.5) is 0 Å². The summed E-state index contributed by atoms with van der Waals surface area (Å²) in [7, 11) is 0. The Hall–Kier alpha value is -0.280. The van der Waals surface area contributed by atoms with E-state index in [9.17, 15) is 5.11 Å². The SMILES string of the molecule is CC1(c2cccc(O)c2)SCCCS1. The third-order valence-corrected chi connectivity index (χ3v) is 5.68. The quantitative estimate of drug-likeness (QED) is 0.792. The Bertz CT molecular complexity index is 319. The van der Waals surface area contributed by atoms with E-state index < -0.39 is 0 Å². The van der Waals surface area contributed by atoms with Gasteiger partial charge in [-0.1, -0.05) is 12.1 Å². The summed E-state index contributed by atoms with van der Waals surface area (Å²) in [5.74, 6) is 2.81. The summed E-state index contributed by atoms with van der Waals surface area (Å²) in [6.07, 6.45) is 1.30. The molecule has 3 heteroatoms. The molecule has 1 aromatic rings. The van der Waals surface area contributed by atoms with E-state index >= 15 is 0 Å². The molecule has 76 valence electrons. The van der Waals surface area contributed by atoms with Gasteiger partial charge in [0.05, 0.1) is 4.08 Å². The van der Waals surface area contributed by atoms with Gasteiger partial charge < -0.3 is 5.11 Å². The summed E-state index contributed by atoms with van der Waals surface area (Å²) in [6.45, 7) is 2.25. The lowest BCUT2D eigenvalue weighted by molar-refractivity contribution is 0.474. The van der Waals surface area contributed by atoms with Crippen LogP contribution >= 0.6 is 23.5 Å². The van der Waals surface area contributed by atoms with Gasteiger partial charge in [-0.05, 0) is 42.5 Å². The van der Waals surface area contributed by atoms with Crippen LogP contribution in [-0.2, 0) is 4.08 Å². The van der Waals surface area contributed by atoms with Gasteiger partial charge in [-0.2, -0.15) is 0 Å². The van der Waals surface area contributed by atoms with Crippen LogP contribution in [0.2, 0.25) is 0 Å². The van der Waals surface area contributed by atoms with Crippen molar-refractivity contribution >= 4 is 23.5 Å². The van der Waals surface area contributed by atoms with Gasteiger partial charge in [-0.15, -0.1) is 23.5 Å². The predicted octanol–water partition coefficient (Wildman–Crippen LogP) is 3.44. The highest BCUT2D eigenvalue weighted by Gasteiger charge is 2.30. The molecule has 1 aliphatic rings. The van der Waals surface area contributed by atoms with Crippen LogP contribution in [0.25, 0.3) is 0 Å². The van der Waals surface area contributed by atoms with E-state index in [2.05, 4.69) is 13.0 Å². The molecule has 0 saturated carbocycles. The van der Waals surface area contributed by atoms with E-state index in [0.29, 0.717) is 5.75 Å². The number of hydrogen-bond acceptors (Lipinski definition) is 3. The van der Waals surface area contributed by atoms with Crippen LogP contribution in [-0.4, -0.2) is 16.6 Å². The fraction of sp³-hybridized carbons (Fsp3) is 0.455. The Balaban J connectivity index is 2.28. The van der Waals surface area contributed by atoms with E-state index in [1.54, 1.807) is 6.07 Å². The minimum absolute atomic E-state index is 0.136. The van der Waals surface area contributed by atoms with Gasteiger partial charge in [-0.3, -0.25) is 0 Å². The van der Waals surface area contributed by atoms with Crippen molar-refractivity contribution in [3.05, 3.63) is 29.8 Å². The molecule has 1 nitrogen and oxygen atoms in total. The first-order chi connectivity index (χ1) is 6.71. The maximum absolute atomic E-state index is 9.44. The lowest BCUT2D eigenvalue weighted by Gasteiger charge is -2.32. The molecule has 0 aromatic heterocycles. The average molecular weight is 226 g/mol. The molecule has 1 saturated heterocycles. The molecule has 1 heterocycles. The number of benzene rings is 1. The third kappa shape index (κ3) is 2.04. The molecule has 0 bridgehead atoms. The fourth-order valence-electron chi connectivity index (χ4n) is 1.59. The van der Waals surface area contributed by atoms with Crippen LogP contribution in [0, 0.1) is 0 Å². The van der Waals surface area contributed by atoms with Crippen molar-refractivity contribution < 1.29 is 5.11 Å². The summed E-state index contributed by atoms with van der Waals surface area (Å²) in [5.41, 5.74) is 1.23. The highest BCUT2D eigenvalue weighted by atomic mass is 32.2. The van der Waals surface area contributed by atoms with E-state index in [0.717, 1.165) is 0 Å². The molecule has 14 heavy (non-hydrogen) atoms. The first-order valence-electron chi connectivity index (χ1n) is 4.78. The number of aromatic hydroxyl groups is 1. The first kappa shape index (κ1) is 10.2. The van der Waals surface area contributed by atoms with Crippen LogP contribution in [0.5, 0.6) is 5.75 Å². The standard InChI is InChI=1S/C11H14OS2/c1-11(13-6-3-7-14-11)9-4-2-5-10(12)8-9/h2,4-5,8,12H,3,6-7H2,1H3. The van der Waals surface area contributed by atoms with Crippen molar-refractivity contribution in [2.75, 3.05) is 11.5 Å². The lowest BCUT2D eigenvalue weighted by atomic mass is 10.1. The molecule has 0 aliphatic carbocycles. The van der Waals surface area contributed by atoms with Crippen LogP contribution in [0.1, 0.15) is 18.9 Å². The van der Waals surface area contributed by atoms with Crippen molar-refractivity contribution in [3.8, 4) is 5.75 Å². The number of phenols is 1. The number of hydrogen-bond donors (Lipinski definition) is 1. The second kappa shape index (κ2) is 4.07. The second-order valence-corrected chi connectivity index (χ2v) is 6.83. The Morgan fingerprint density at radius 2 is 2.00 bits per heavy atom. The highest BCUT2D eigenvalue weighted by Crippen LogP contribution is 2.50. The van der Waals surface area contributed by atoms with E-state index in [-0.39, 0.29) is 4.08 Å². The Morgan fingerprint density at radius 3 is 2.64 bits per heavy atom. The van der Waals surface area contributed by atoms with Crippen molar-refractivity contribution in [2.24, 2.45) is 0 Å². The third-order valence-electron chi connectivity index (χ3n) is 2.41. The Labute approximate surface area is 93.3 Å². The van der Waals surface area contributed by atoms with Crippen molar-refractivity contribution in [1.82, 2.24) is 0 Å². The van der Waals surface area contributed by atoms with Gasteiger partial charge in [0.2, 0.25) is 0 Å². The maximum atomic E-state index is 9.44. The van der Waals surface area contributed by atoms with E-state index in [4.69, 9.17) is 0 Å². The number of thioether (sulfide) groups is 2. The fourth-order valence-corrected chi connectivity index (χ4v) is 4.55. The van der Waals surface area contributed by atoms with Gasteiger partial charge in [0.25, 0.3) is 0 Å². The smallest absolute Gasteiger partial charge is 0.115 e. The second-order valence-electron chi connectivity index (χ2n) is 3.55. The first-order valence-corrected chi connectivity index (χ1v) is 6.75. The average Bonchev–Trinajstić information content (AvgIpc) is 2.19. The van der Waals surface area contributed by atoms with Gasteiger partial charge in [0, 0.05) is 0 Å². The largest absolute Gasteiger partial charge is 0.508 e. The minimum atomic E-state index is 0.136. The predicted molar refractivity (Wildman–Crippen MR) is 65.0 cm³/mol. The molecule has 1 aromatic carbocycles. The molecular formula is C11H14OS2. The zero-order chi connectivity index (χ0) is 10.0. The molecule has 1 N–H and O–H groups in total. The zero-order valence-corrected chi connectivity index (χ0v) is 9.83. The molecular weight excluding hydrogens is 212 g/mol. The molecule has 0 unspecified atom stereocenters. The van der Waals surface area contributed by atoms with Crippen molar-refractivity contribution in [1.29, 1.82) is 0 Å². The molecule has 0 radical (unpaired) electrons.